The van der Waals surface area contributed by atoms with Crippen LogP contribution in [0.4, 0.5) is 0 Å². The minimum absolute atomic E-state index is 0.180. The third-order valence-corrected chi connectivity index (χ3v) is 3.48. The first-order chi connectivity index (χ1) is 8.74. The smallest absolute Gasteiger partial charge is 0.258 e. The van der Waals surface area contributed by atoms with Crippen molar-refractivity contribution in [1.29, 1.82) is 0 Å². The van der Waals surface area contributed by atoms with Crippen molar-refractivity contribution in [2.45, 2.75) is 6.92 Å². The monoisotopic (exact) mass is 258 g/mol. The zero-order valence-electron chi connectivity index (χ0n) is 9.62. The molecule has 3 aromatic rings. The van der Waals surface area contributed by atoms with Gasteiger partial charge in [-0.3, -0.25) is 0 Å². The molecule has 1 N–H and O–H groups in total. The van der Waals surface area contributed by atoms with Crippen molar-refractivity contribution in [2.24, 2.45) is 0 Å². The third kappa shape index (κ3) is 1.89. The lowest BCUT2D eigenvalue weighted by molar-refractivity contribution is 0.431. The number of aryl methyl sites for hydroxylation is 1. The molecule has 0 amide bonds. The van der Waals surface area contributed by atoms with Crippen molar-refractivity contribution >= 4 is 11.3 Å². The number of hydrogen-bond acceptors (Lipinski definition) is 5. The highest BCUT2D eigenvalue weighted by molar-refractivity contribution is 7.08. The van der Waals surface area contributed by atoms with Crippen LogP contribution in [0.15, 0.2) is 39.5 Å². The number of hydrogen-bond donors (Lipinski definition) is 1. The topological polar surface area (TPSA) is 59.2 Å². The molecule has 0 aliphatic heterocycles. The van der Waals surface area contributed by atoms with Crippen LogP contribution in [-0.2, 0) is 0 Å². The summed E-state index contributed by atoms with van der Waals surface area (Å²) < 4.78 is 5.22. The molecule has 5 heteroatoms. The van der Waals surface area contributed by atoms with Gasteiger partial charge in [0.2, 0.25) is 5.82 Å². The number of nitrogens with zero attached hydrogens (tertiary/aromatic N) is 2. The lowest BCUT2D eigenvalue weighted by atomic mass is 10.2. The first-order valence-electron chi connectivity index (χ1n) is 5.40. The van der Waals surface area contributed by atoms with Crippen molar-refractivity contribution in [1.82, 2.24) is 10.1 Å². The molecule has 0 spiro atoms. The normalized spacial score (nSPS) is 10.7. The molecular weight excluding hydrogens is 248 g/mol. The Balaban J connectivity index is 2.02. The number of benzene rings is 1. The van der Waals surface area contributed by atoms with Crippen LogP contribution in [-0.4, -0.2) is 15.2 Å². The number of thiophene rings is 1. The van der Waals surface area contributed by atoms with Gasteiger partial charge in [-0.25, -0.2) is 0 Å². The van der Waals surface area contributed by atoms with E-state index in [1.165, 1.54) is 0 Å². The predicted octanol–water partition coefficient (Wildman–Crippen LogP) is 3.48. The van der Waals surface area contributed by atoms with Crippen LogP contribution >= 0.6 is 11.3 Å². The highest BCUT2D eigenvalue weighted by Crippen LogP contribution is 2.27. The van der Waals surface area contributed by atoms with Crippen LogP contribution in [0.1, 0.15) is 5.56 Å². The van der Waals surface area contributed by atoms with Crippen molar-refractivity contribution in [3.63, 3.8) is 0 Å². The molecule has 0 aliphatic rings. The Labute approximate surface area is 108 Å². The Morgan fingerprint density at radius 3 is 2.89 bits per heavy atom. The second-order valence-corrected chi connectivity index (χ2v) is 4.69. The highest BCUT2D eigenvalue weighted by atomic mass is 32.1. The van der Waals surface area contributed by atoms with Gasteiger partial charge in [-0.05, 0) is 36.1 Å². The summed E-state index contributed by atoms with van der Waals surface area (Å²) in [5, 5.41) is 17.4. The molecule has 0 radical (unpaired) electrons. The number of aromatic nitrogens is 2. The standard InChI is InChI=1S/C13H10N2O2S/c1-8-6-18-7-11(8)12-14-13(17-15-12)9-3-2-4-10(16)5-9/h2-7,16H,1H3. The van der Waals surface area contributed by atoms with E-state index >= 15 is 0 Å². The van der Waals surface area contributed by atoms with Gasteiger partial charge in [0.05, 0.1) is 0 Å². The van der Waals surface area contributed by atoms with Gasteiger partial charge in [0, 0.05) is 16.5 Å². The SMILES string of the molecule is Cc1cscc1-c1noc(-c2cccc(O)c2)n1. The molecule has 0 unspecified atom stereocenters. The molecule has 0 atom stereocenters. The molecule has 4 nitrogen and oxygen atoms in total. The molecule has 1 aromatic carbocycles. The average molecular weight is 258 g/mol. The summed E-state index contributed by atoms with van der Waals surface area (Å²) in [5.74, 6) is 1.16. The molecule has 18 heavy (non-hydrogen) atoms. The number of phenols is 1. The summed E-state index contributed by atoms with van der Waals surface area (Å²) in [5.41, 5.74) is 2.82. The second kappa shape index (κ2) is 4.27. The van der Waals surface area contributed by atoms with Crippen LogP contribution in [0, 0.1) is 6.92 Å². The van der Waals surface area contributed by atoms with E-state index in [1.54, 1.807) is 29.5 Å². The predicted molar refractivity (Wildman–Crippen MR) is 69.4 cm³/mol. The van der Waals surface area contributed by atoms with Crippen LogP contribution < -0.4 is 0 Å². The van der Waals surface area contributed by atoms with E-state index in [9.17, 15) is 5.11 Å². The van der Waals surface area contributed by atoms with Gasteiger partial charge in [0.15, 0.2) is 0 Å². The average Bonchev–Trinajstić information content (AvgIpc) is 2.97. The molecule has 0 saturated heterocycles. The Hall–Kier alpha value is -2.14. The summed E-state index contributed by atoms with van der Waals surface area (Å²) in [6, 6.07) is 6.75. The van der Waals surface area contributed by atoms with Crippen LogP contribution in [0.25, 0.3) is 22.8 Å². The van der Waals surface area contributed by atoms with E-state index in [-0.39, 0.29) is 5.75 Å². The Bertz CT molecular complexity index is 688. The quantitative estimate of drug-likeness (QED) is 0.764. The van der Waals surface area contributed by atoms with E-state index in [2.05, 4.69) is 10.1 Å². The zero-order chi connectivity index (χ0) is 12.5. The van der Waals surface area contributed by atoms with Crippen LogP contribution in [0.2, 0.25) is 0 Å². The van der Waals surface area contributed by atoms with Crippen molar-refractivity contribution in [3.05, 3.63) is 40.6 Å². The van der Waals surface area contributed by atoms with E-state index < -0.39 is 0 Å². The number of phenolic OH excluding ortho intramolecular Hbond substituents is 1. The second-order valence-electron chi connectivity index (χ2n) is 3.94. The highest BCUT2D eigenvalue weighted by Gasteiger charge is 2.13. The minimum atomic E-state index is 0.180. The maximum atomic E-state index is 9.42. The summed E-state index contributed by atoms with van der Waals surface area (Å²) >= 11 is 1.61. The summed E-state index contributed by atoms with van der Waals surface area (Å²) in [4.78, 5) is 4.34. The van der Waals surface area contributed by atoms with E-state index in [0.29, 0.717) is 17.3 Å². The fourth-order valence-corrected chi connectivity index (χ4v) is 2.51. The summed E-state index contributed by atoms with van der Waals surface area (Å²) in [6.45, 7) is 2.01. The third-order valence-electron chi connectivity index (χ3n) is 2.62. The summed E-state index contributed by atoms with van der Waals surface area (Å²) in [7, 11) is 0. The van der Waals surface area contributed by atoms with Crippen LogP contribution in [0.5, 0.6) is 5.75 Å². The maximum absolute atomic E-state index is 9.42. The molecule has 0 fully saturated rings. The summed E-state index contributed by atoms with van der Waals surface area (Å²) in [6.07, 6.45) is 0. The van der Waals surface area contributed by atoms with Crippen molar-refractivity contribution in [3.8, 4) is 28.6 Å². The number of rotatable bonds is 2. The van der Waals surface area contributed by atoms with Crippen LogP contribution in [0.3, 0.4) is 0 Å². The molecule has 2 aromatic heterocycles. The fraction of sp³-hybridized carbons (Fsp3) is 0.0769. The minimum Gasteiger partial charge on any atom is -0.508 e. The molecule has 3 rings (SSSR count). The molecule has 0 aliphatic carbocycles. The van der Waals surface area contributed by atoms with Gasteiger partial charge in [0.25, 0.3) is 5.89 Å². The lowest BCUT2D eigenvalue weighted by Crippen LogP contribution is -1.81. The largest absolute Gasteiger partial charge is 0.508 e. The van der Waals surface area contributed by atoms with Gasteiger partial charge in [-0.1, -0.05) is 11.2 Å². The molecule has 2 heterocycles. The van der Waals surface area contributed by atoms with Gasteiger partial charge >= 0.3 is 0 Å². The number of aromatic hydroxyl groups is 1. The lowest BCUT2D eigenvalue weighted by Gasteiger charge is -1.94. The maximum Gasteiger partial charge on any atom is 0.258 e. The van der Waals surface area contributed by atoms with Crippen molar-refractivity contribution < 1.29 is 9.63 Å². The van der Waals surface area contributed by atoms with Gasteiger partial charge in [0.1, 0.15) is 5.75 Å². The molecule has 0 bridgehead atoms. The zero-order valence-corrected chi connectivity index (χ0v) is 10.4. The van der Waals surface area contributed by atoms with Crippen molar-refractivity contribution in [2.75, 3.05) is 0 Å². The Kier molecular flexibility index (Phi) is 2.60. The van der Waals surface area contributed by atoms with E-state index in [0.717, 1.165) is 11.1 Å². The first kappa shape index (κ1) is 11.0. The fourth-order valence-electron chi connectivity index (χ4n) is 1.68. The van der Waals surface area contributed by atoms with Gasteiger partial charge in [-0.2, -0.15) is 16.3 Å². The van der Waals surface area contributed by atoms with Gasteiger partial charge < -0.3 is 9.63 Å². The molecule has 0 saturated carbocycles. The van der Waals surface area contributed by atoms with Gasteiger partial charge in [-0.15, -0.1) is 0 Å². The molecular formula is C13H10N2O2S. The van der Waals surface area contributed by atoms with E-state index in [1.807, 2.05) is 23.8 Å². The Morgan fingerprint density at radius 2 is 2.17 bits per heavy atom. The molecule has 90 valence electrons. The first-order valence-corrected chi connectivity index (χ1v) is 6.34. The van der Waals surface area contributed by atoms with E-state index in [4.69, 9.17) is 4.52 Å². The Morgan fingerprint density at radius 1 is 1.28 bits per heavy atom.